The van der Waals surface area contributed by atoms with Crippen LogP contribution in [0.2, 0.25) is 0 Å². The third kappa shape index (κ3) is 5.87. The molecule has 5 aliphatic rings. The summed E-state index contributed by atoms with van der Waals surface area (Å²) in [5.41, 5.74) is -3.16. The summed E-state index contributed by atoms with van der Waals surface area (Å²) in [6.07, 6.45) is 7.80. The van der Waals surface area contributed by atoms with Crippen LogP contribution in [-0.4, -0.2) is 83.6 Å². The van der Waals surface area contributed by atoms with Gasteiger partial charge in [0.2, 0.25) is 18.6 Å². The van der Waals surface area contributed by atoms with Crippen molar-refractivity contribution >= 4 is 47.5 Å². The van der Waals surface area contributed by atoms with Crippen molar-refractivity contribution in [3.63, 3.8) is 0 Å². The predicted octanol–water partition coefficient (Wildman–Crippen LogP) is 2.77. The van der Waals surface area contributed by atoms with Crippen LogP contribution in [0, 0.1) is 11.3 Å². The Hall–Kier alpha value is -5.60. The number of hydrogen-bond donors (Lipinski definition) is 1. The summed E-state index contributed by atoms with van der Waals surface area (Å²) in [5.74, 6) is -5.56. The molecule has 3 aliphatic heterocycles. The second kappa shape index (κ2) is 13.5. The number of imide groups is 2. The molecule has 1 aromatic carbocycles. The molecule has 15 nitrogen and oxygen atoms in total. The maximum absolute atomic E-state index is 13.8. The Bertz CT molecular complexity index is 1890. The molecule has 2 saturated heterocycles. The molecule has 52 heavy (non-hydrogen) atoms. The van der Waals surface area contributed by atoms with E-state index < -0.39 is 82.9 Å². The van der Waals surface area contributed by atoms with Gasteiger partial charge in [0.05, 0.1) is 18.2 Å². The highest BCUT2D eigenvalue weighted by atomic mass is 16.7. The van der Waals surface area contributed by atoms with Crippen LogP contribution in [0.25, 0.3) is 0 Å². The molecule has 0 radical (unpaired) electrons. The fourth-order valence-electron chi connectivity index (χ4n) is 8.31. The number of amides is 4. The monoisotopic (exact) mass is 718 g/mol. The highest BCUT2D eigenvalue weighted by Crippen LogP contribution is 2.65. The molecule has 15 heteroatoms. The molecule has 2 bridgehead atoms. The van der Waals surface area contributed by atoms with Crippen LogP contribution >= 0.6 is 0 Å². The van der Waals surface area contributed by atoms with Gasteiger partial charge in [-0.25, -0.2) is 9.59 Å². The zero-order valence-corrected chi connectivity index (χ0v) is 29.1. The Morgan fingerprint density at radius 3 is 2.52 bits per heavy atom. The molecule has 5 atom stereocenters. The van der Waals surface area contributed by atoms with Gasteiger partial charge in [0.1, 0.15) is 28.4 Å². The van der Waals surface area contributed by atoms with Gasteiger partial charge in [-0.3, -0.25) is 39.0 Å². The smallest absolute Gasteiger partial charge is 0.336 e. The average molecular weight is 719 g/mol. The minimum Gasteiger partial charge on any atom is -0.466 e. The molecule has 0 aromatic heterocycles. The number of hydrogen-bond acceptors (Lipinski definition) is 13. The number of carbonyl (C=O) groups excluding carboxylic acids is 8. The summed E-state index contributed by atoms with van der Waals surface area (Å²) >= 11 is 0. The van der Waals surface area contributed by atoms with E-state index in [9.17, 15) is 38.4 Å². The number of piperidine rings is 1. The molecule has 4 amide bonds. The molecular weight excluding hydrogens is 680 g/mol. The SMILES string of the molecule is COC(=O)C1=CC[C@@]23CC[C@H]([C@@](C)(/C=C/C=C(\C)C(=O)OCOc4cccc5c4C(=O)N(C4CCC(=O)NC4=O)C5=O)OC2=O)[C@@]3(OC(C)=O)CC1. The van der Waals surface area contributed by atoms with Gasteiger partial charge in [0, 0.05) is 30.4 Å². The number of methoxy groups -OCH3 is 1. The van der Waals surface area contributed by atoms with Crippen molar-refractivity contribution in [1.29, 1.82) is 0 Å². The molecule has 0 spiro atoms. The van der Waals surface area contributed by atoms with Crippen molar-refractivity contribution in [2.75, 3.05) is 13.9 Å². The fraction of sp³-hybridized carbons (Fsp3) is 0.459. The summed E-state index contributed by atoms with van der Waals surface area (Å²) in [6.45, 7) is 3.88. The van der Waals surface area contributed by atoms with Crippen LogP contribution in [-0.2, 0) is 47.7 Å². The van der Waals surface area contributed by atoms with Crippen molar-refractivity contribution in [1.82, 2.24) is 10.2 Å². The van der Waals surface area contributed by atoms with Crippen molar-refractivity contribution in [2.24, 2.45) is 11.3 Å². The predicted molar refractivity (Wildman–Crippen MR) is 176 cm³/mol. The van der Waals surface area contributed by atoms with E-state index in [2.05, 4.69) is 5.32 Å². The lowest BCUT2D eigenvalue weighted by atomic mass is 9.62. The fourth-order valence-corrected chi connectivity index (χ4v) is 8.31. The van der Waals surface area contributed by atoms with Gasteiger partial charge in [0.15, 0.2) is 0 Å². The third-order valence-corrected chi connectivity index (χ3v) is 10.8. The summed E-state index contributed by atoms with van der Waals surface area (Å²) < 4.78 is 27.9. The van der Waals surface area contributed by atoms with E-state index >= 15 is 0 Å². The van der Waals surface area contributed by atoms with E-state index in [4.69, 9.17) is 23.7 Å². The summed E-state index contributed by atoms with van der Waals surface area (Å²) in [7, 11) is 1.28. The zero-order chi connectivity index (χ0) is 37.6. The largest absolute Gasteiger partial charge is 0.466 e. The lowest BCUT2D eigenvalue weighted by molar-refractivity contribution is -0.235. The molecule has 1 aromatic rings. The molecule has 3 fully saturated rings. The van der Waals surface area contributed by atoms with Crippen LogP contribution in [0.4, 0.5) is 0 Å². The number of rotatable bonds is 9. The number of nitrogens with zero attached hydrogens (tertiary/aromatic N) is 1. The molecule has 1 saturated carbocycles. The maximum Gasteiger partial charge on any atom is 0.336 e. The standard InChI is InChI=1S/C37H38N2O13/c1-20(32(45)50-19-49-25-9-5-8-23-28(25)31(44)39(30(23)43)24-10-11-27(41)38-29(24)42)7-6-15-35(3)26-14-17-36(34(47)52-35)16-12-22(33(46)48-4)13-18-37(26,36)51-21(2)40/h5-9,12,15,24,26H,10-11,13-14,16-19H2,1-4H3,(H,38,41,42)/b15-6+,20-7+/t24?,26-,35-,36-,37+/m1/s1. The first-order chi connectivity index (χ1) is 24.7. The van der Waals surface area contributed by atoms with E-state index in [-0.39, 0.29) is 54.6 Å². The van der Waals surface area contributed by atoms with Crippen LogP contribution < -0.4 is 10.1 Å². The second-order valence-electron chi connectivity index (χ2n) is 13.7. The Kier molecular flexibility index (Phi) is 9.40. The molecule has 6 rings (SSSR count). The molecule has 3 heterocycles. The second-order valence-corrected chi connectivity index (χ2v) is 13.7. The van der Waals surface area contributed by atoms with Crippen LogP contribution in [0.3, 0.4) is 0 Å². The lowest BCUT2D eigenvalue weighted by Gasteiger charge is -2.54. The number of ether oxygens (including phenoxy) is 5. The normalized spacial score (nSPS) is 29.8. The number of cyclic esters (lactones) is 1. The van der Waals surface area contributed by atoms with Gasteiger partial charge in [-0.1, -0.05) is 24.3 Å². The summed E-state index contributed by atoms with van der Waals surface area (Å²) in [6, 6.07) is 3.16. The molecule has 1 unspecified atom stereocenters. The number of fused-ring (bicyclic) bond motifs is 1. The van der Waals surface area contributed by atoms with Crippen LogP contribution in [0.1, 0.15) is 86.4 Å². The quantitative estimate of drug-likeness (QED) is 0.0978. The van der Waals surface area contributed by atoms with Crippen molar-refractivity contribution < 1.29 is 62.0 Å². The van der Waals surface area contributed by atoms with Crippen molar-refractivity contribution in [3.05, 3.63) is 64.8 Å². The summed E-state index contributed by atoms with van der Waals surface area (Å²) in [5, 5.41) is 2.14. The minimum atomic E-state index is -1.24. The van der Waals surface area contributed by atoms with Gasteiger partial charge >= 0.3 is 23.9 Å². The van der Waals surface area contributed by atoms with Crippen LogP contribution in [0.5, 0.6) is 5.75 Å². The Morgan fingerprint density at radius 2 is 1.81 bits per heavy atom. The summed E-state index contributed by atoms with van der Waals surface area (Å²) in [4.78, 5) is 103. The molecular formula is C37H38N2O13. The first-order valence-corrected chi connectivity index (χ1v) is 16.9. The number of esters is 4. The van der Waals surface area contributed by atoms with Gasteiger partial charge in [-0.2, -0.15) is 0 Å². The number of allylic oxidation sites excluding steroid dienone is 3. The van der Waals surface area contributed by atoms with E-state index in [1.165, 1.54) is 45.2 Å². The highest BCUT2D eigenvalue weighted by Gasteiger charge is 2.74. The van der Waals surface area contributed by atoms with Crippen molar-refractivity contribution in [3.8, 4) is 5.75 Å². The third-order valence-electron chi connectivity index (χ3n) is 10.8. The van der Waals surface area contributed by atoms with Crippen molar-refractivity contribution in [2.45, 2.75) is 83.0 Å². The molecule has 2 aliphatic carbocycles. The maximum atomic E-state index is 13.8. The van der Waals surface area contributed by atoms with Gasteiger partial charge in [-0.15, -0.1) is 0 Å². The number of nitrogens with one attached hydrogen (secondary N) is 1. The van der Waals surface area contributed by atoms with Gasteiger partial charge in [-0.05, 0) is 70.6 Å². The first kappa shape index (κ1) is 36.2. The number of carbonyl (C=O) groups is 8. The average Bonchev–Trinajstić information content (AvgIpc) is 3.43. The topological polar surface area (TPSA) is 198 Å². The van der Waals surface area contributed by atoms with Gasteiger partial charge < -0.3 is 23.7 Å². The molecule has 1 N–H and O–H groups in total. The highest BCUT2D eigenvalue weighted by molar-refractivity contribution is 6.24. The van der Waals surface area contributed by atoms with Crippen LogP contribution in [0.15, 0.2) is 53.6 Å². The zero-order valence-electron chi connectivity index (χ0n) is 29.1. The van der Waals surface area contributed by atoms with E-state index in [1.54, 1.807) is 25.2 Å². The Balaban J connectivity index is 1.13. The van der Waals surface area contributed by atoms with Gasteiger partial charge in [0.25, 0.3) is 11.8 Å². The first-order valence-electron chi connectivity index (χ1n) is 16.9. The minimum absolute atomic E-state index is 0.00452. The van der Waals surface area contributed by atoms with E-state index in [1.807, 2.05) is 0 Å². The van der Waals surface area contributed by atoms with E-state index in [0.717, 1.165) is 4.90 Å². The Morgan fingerprint density at radius 1 is 1.04 bits per heavy atom. The lowest BCUT2D eigenvalue weighted by Crippen LogP contribution is -2.65. The Labute approximate surface area is 298 Å². The van der Waals surface area contributed by atoms with E-state index in [0.29, 0.717) is 18.4 Å². The number of benzene rings is 1. The molecule has 274 valence electrons.